The van der Waals surface area contributed by atoms with E-state index in [0.717, 1.165) is 0 Å². The van der Waals surface area contributed by atoms with Crippen molar-refractivity contribution in [3.8, 4) is 0 Å². The van der Waals surface area contributed by atoms with Gasteiger partial charge in [0.05, 0.1) is 5.54 Å². The maximum atomic E-state index is 14.6. The zero-order valence-electron chi connectivity index (χ0n) is 15.9. The maximum Gasteiger partial charge on any atom is 0.257 e. The Bertz CT molecular complexity index is 899. The molecule has 0 aliphatic carbocycles. The van der Waals surface area contributed by atoms with Crippen molar-refractivity contribution in [2.24, 2.45) is 0 Å². The van der Waals surface area contributed by atoms with Crippen LogP contribution in [0.5, 0.6) is 0 Å². The lowest BCUT2D eigenvalue weighted by atomic mass is 9.86. The first-order valence-electron chi connectivity index (χ1n) is 8.83. The summed E-state index contributed by atoms with van der Waals surface area (Å²) in [7, 11) is 0. The molecule has 28 heavy (non-hydrogen) atoms. The monoisotopic (exact) mass is 398 g/mol. The van der Waals surface area contributed by atoms with Crippen molar-refractivity contribution >= 4 is 29.0 Å². The van der Waals surface area contributed by atoms with Gasteiger partial charge >= 0.3 is 0 Å². The molecule has 0 heterocycles. The van der Waals surface area contributed by atoms with E-state index >= 15 is 0 Å². The molecule has 2 aromatic rings. The van der Waals surface area contributed by atoms with Gasteiger partial charge in [0.15, 0.2) is 5.11 Å². The Morgan fingerprint density at radius 2 is 1.89 bits per heavy atom. The van der Waals surface area contributed by atoms with Crippen LogP contribution in [0, 0.1) is 5.82 Å². The van der Waals surface area contributed by atoms with E-state index < -0.39 is 11.4 Å². The van der Waals surface area contributed by atoms with Crippen molar-refractivity contribution in [2.75, 3.05) is 0 Å². The second-order valence-corrected chi connectivity index (χ2v) is 7.20. The van der Waals surface area contributed by atoms with E-state index in [2.05, 4.69) is 17.2 Å². The van der Waals surface area contributed by atoms with Crippen LogP contribution in [0.4, 0.5) is 4.39 Å². The fraction of sp³-hybridized carbons (Fsp3) is 0.227. The lowest BCUT2D eigenvalue weighted by Crippen LogP contribution is -2.49. The highest BCUT2D eigenvalue weighted by atomic mass is 32.1. The quantitative estimate of drug-likeness (QED) is 0.546. The number of ketones is 1. The van der Waals surface area contributed by atoms with Crippen LogP contribution >= 0.6 is 12.2 Å². The van der Waals surface area contributed by atoms with Gasteiger partial charge in [-0.15, -0.1) is 6.58 Å². The number of Topliss-reactive ketones (excluding diaryl/α,β-unsaturated/α-hetero) is 1. The van der Waals surface area contributed by atoms with Crippen LogP contribution in [-0.4, -0.2) is 16.8 Å². The van der Waals surface area contributed by atoms with Crippen LogP contribution in [-0.2, 0) is 16.8 Å². The van der Waals surface area contributed by atoms with E-state index in [1.54, 1.807) is 49.4 Å². The van der Waals surface area contributed by atoms with Gasteiger partial charge < -0.3 is 5.32 Å². The molecular weight excluding hydrogens is 375 g/mol. The van der Waals surface area contributed by atoms with Crippen LogP contribution in [0.25, 0.3) is 0 Å². The zero-order valence-corrected chi connectivity index (χ0v) is 16.7. The van der Waals surface area contributed by atoms with Crippen LogP contribution in [0.15, 0.2) is 61.2 Å². The summed E-state index contributed by atoms with van der Waals surface area (Å²) in [5.41, 5.74) is 0.578. The SMILES string of the molecule is C=CC[C@](C)(NC(=S)NC(=O)c1ccccc1)c1cc(CC(C)=O)ccc1F. The minimum atomic E-state index is -0.945. The van der Waals surface area contributed by atoms with Crippen LogP contribution < -0.4 is 10.6 Å². The molecule has 0 aromatic heterocycles. The first-order valence-corrected chi connectivity index (χ1v) is 9.24. The number of thiocarbonyl (C=S) groups is 1. The number of halogens is 1. The molecule has 0 saturated carbocycles. The van der Waals surface area contributed by atoms with Crippen LogP contribution in [0.3, 0.4) is 0 Å². The third kappa shape index (κ3) is 5.57. The van der Waals surface area contributed by atoms with E-state index in [0.29, 0.717) is 23.1 Å². The molecular formula is C22H23FN2O2S. The standard InChI is InChI=1S/C22H23FN2O2S/c1-4-12-22(3,18-14-16(13-15(2)26)10-11-19(18)23)25-21(28)24-20(27)17-8-6-5-7-9-17/h4-11,14H,1,12-13H2,2-3H3,(H2,24,25,27,28)/t22-/m0/s1. The van der Waals surface area contributed by atoms with Gasteiger partial charge in [-0.2, -0.15) is 0 Å². The minimum absolute atomic E-state index is 0.0124. The van der Waals surface area contributed by atoms with Gasteiger partial charge in [0.2, 0.25) is 0 Å². The maximum absolute atomic E-state index is 14.6. The van der Waals surface area contributed by atoms with Gasteiger partial charge in [-0.25, -0.2) is 4.39 Å². The van der Waals surface area contributed by atoms with Crippen molar-refractivity contribution in [3.05, 3.63) is 83.7 Å². The molecule has 2 N–H and O–H groups in total. The Hall–Kier alpha value is -2.86. The van der Waals surface area contributed by atoms with E-state index in [-0.39, 0.29) is 23.2 Å². The van der Waals surface area contributed by atoms with E-state index in [1.807, 2.05) is 6.07 Å². The Labute approximate surface area is 169 Å². The molecule has 0 spiro atoms. The average Bonchev–Trinajstić information content (AvgIpc) is 2.63. The number of amides is 1. The molecule has 0 saturated heterocycles. The molecule has 0 bridgehead atoms. The number of hydrogen-bond acceptors (Lipinski definition) is 3. The fourth-order valence-electron chi connectivity index (χ4n) is 2.96. The van der Waals surface area contributed by atoms with E-state index in [9.17, 15) is 14.0 Å². The predicted molar refractivity (Wildman–Crippen MR) is 113 cm³/mol. The summed E-state index contributed by atoms with van der Waals surface area (Å²) >= 11 is 5.28. The number of hydrogen-bond donors (Lipinski definition) is 2. The number of carbonyl (C=O) groups is 2. The first-order chi connectivity index (χ1) is 13.2. The highest BCUT2D eigenvalue weighted by Crippen LogP contribution is 2.29. The summed E-state index contributed by atoms with van der Waals surface area (Å²) in [6.45, 7) is 6.99. The van der Waals surface area contributed by atoms with Crippen molar-refractivity contribution in [1.29, 1.82) is 0 Å². The molecule has 1 amide bonds. The van der Waals surface area contributed by atoms with E-state index in [1.165, 1.54) is 13.0 Å². The van der Waals surface area contributed by atoms with Gasteiger partial charge in [-0.3, -0.25) is 14.9 Å². The minimum Gasteiger partial charge on any atom is -0.353 e. The Kier molecular flexibility index (Phi) is 7.18. The summed E-state index contributed by atoms with van der Waals surface area (Å²) in [6, 6.07) is 13.2. The Morgan fingerprint density at radius 1 is 1.21 bits per heavy atom. The van der Waals surface area contributed by atoms with Gasteiger partial charge in [0.1, 0.15) is 11.6 Å². The van der Waals surface area contributed by atoms with E-state index in [4.69, 9.17) is 12.2 Å². The normalized spacial score (nSPS) is 12.5. The predicted octanol–water partition coefficient (Wildman–Crippen LogP) is 4.05. The van der Waals surface area contributed by atoms with Crippen LogP contribution in [0.2, 0.25) is 0 Å². The molecule has 0 fully saturated rings. The molecule has 0 unspecified atom stereocenters. The highest BCUT2D eigenvalue weighted by Gasteiger charge is 2.30. The smallest absolute Gasteiger partial charge is 0.257 e. The second kappa shape index (κ2) is 9.37. The van der Waals surface area contributed by atoms with Gasteiger partial charge in [0, 0.05) is 17.5 Å². The Balaban J connectivity index is 2.25. The molecule has 6 heteroatoms. The largest absolute Gasteiger partial charge is 0.353 e. The van der Waals surface area contributed by atoms with Crippen molar-refractivity contribution < 1.29 is 14.0 Å². The first kappa shape index (κ1) is 21.4. The highest BCUT2D eigenvalue weighted by molar-refractivity contribution is 7.80. The van der Waals surface area contributed by atoms with Gasteiger partial charge in [0.25, 0.3) is 5.91 Å². The summed E-state index contributed by atoms with van der Waals surface area (Å²) < 4.78 is 14.6. The van der Waals surface area contributed by atoms with Crippen LogP contribution in [0.1, 0.15) is 41.8 Å². The fourth-order valence-corrected chi connectivity index (χ4v) is 3.27. The summed E-state index contributed by atoms with van der Waals surface area (Å²) in [5.74, 6) is -0.798. The summed E-state index contributed by atoms with van der Waals surface area (Å²) in [6.07, 6.45) is 2.22. The third-order valence-corrected chi connectivity index (χ3v) is 4.49. The molecule has 2 aromatic carbocycles. The Morgan fingerprint density at radius 3 is 2.50 bits per heavy atom. The number of carbonyl (C=O) groups excluding carboxylic acids is 2. The molecule has 146 valence electrons. The van der Waals surface area contributed by atoms with Crippen molar-refractivity contribution in [2.45, 2.75) is 32.2 Å². The second-order valence-electron chi connectivity index (χ2n) is 6.79. The third-order valence-electron chi connectivity index (χ3n) is 4.28. The topological polar surface area (TPSA) is 58.2 Å². The van der Waals surface area contributed by atoms with Crippen molar-refractivity contribution in [3.63, 3.8) is 0 Å². The lowest BCUT2D eigenvalue weighted by Gasteiger charge is -2.32. The molecule has 0 aliphatic heterocycles. The molecule has 1 atom stereocenters. The number of rotatable bonds is 7. The zero-order chi connectivity index (χ0) is 20.7. The average molecular weight is 399 g/mol. The lowest BCUT2D eigenvalue weighted by molar-refractivity contribution is -0.116. The molecule has 4 nitrogen and oxygen atoms in total. The summed E-state index contributed by atoms with van der Waals surface area (Å²) in [5, 5.41) is 5.73. The molecule has 0 aliphatic rings. The van der Waals surface area contributed by atoms with Gasteiger partial charge in [-0.05, 0) is 56.2 Å². The van der Waals surface area contributed by atoms with Gasteiger partial charge in [-0.1, -0.05) is 36.4 Å². The summed E-state index contributed by atoms with van der Waals surface area (Å²) in [4.78, 5) is 23.7. The van der Waals surface area contributed by atoms with Crippen molar-refractivity contribution in [1.82, 2.24) is 10.6 Å². The molecule has 2 rings (SSSR count). The molecule has 0 radical (unpaired) electrons. The number of nitrogens with one attached hydrogen (secondary N) is 2. The number of benzene rings is 2.